The molecule has 0 saturated carbocycles. The van der Waals surface area contributed by atoms with Crippen LogP contribution in [0.4, 0.5) is 0 Å². The second-order valence-electron chi connectivity index (χ2n) is 19.1. The van der Waals surface area contributed by atoms with Gasteiger partial charge in [-0.3, -0.25) is 14.4 Å². The highest BCUT2D eigenvalue weighted by Gasteiger charge is 2.19. The van der Waals surface area contributed by atoms with E-state index in [1.54, 1.807) is 0 Å². The average molecular weight is 986 g/mol. The number of rotatable bonds is 52. The van der Waals surface area contributed by atoms with Crippen LogP contribution < -0.4 is 0 Å². The lowest BCUT2D eigenvalue weighted by atomic mass is 10.1. The lowest BCUT2D eigenvalue weighted by Gasteiger charge is -2.18. The third-order valence-electron chi connectivity index (χ3n) is 12.3. The predicted octanol–water partition coefficient (Wildman–Crippen LogP) is 19.9. The van der Waals surface area contributed by atoms with E-state index < -0.39 is 6.10 Å². The molecule has 0 aromatic heterocycles. The van der Waals surface area contributed by atoms with Crippen molar-refractivity contribution < 1.29 is 28.6 Å². The van der Waals surface area contributed by atoms with Gasteiger partial charge in [-0.25, -0.2) is 0 Å². The Morgan fingerprint density at radius 2 is 0.549 bits per heavy atom. The minimum absolute atomic E-state index is 0.0853. The third-order valence-corrected chi connectivity index (χ3v) is 12.3. The van der Waals surface area contributed by atoms with Crippen molar-refractivity contribution in [3.8, 4) is 0 Å². The molecule has 404 valence electrons. The van der Waals surface area contributed by atoms with E-state index in [-0.39, 0.29) is 31.1 Å². The van der Waals surface area contributed by atoms with Gasteiger partial charge in [0.1, 0.15) is 13.2 Å². The first kappa shape index (κ1) is 67.1. The number of hydrogen-bond acceptors (Lipinski definition) is 6. The van der Waals surface area contributed by atoms with Crippen molar-refractivity contribution in [1.29, 1.82) is 0 Å². The summed E-state index contributed by atoms with van der Waals surface area (Å²) in [6, 6.07) is 0. The highest BCUT2D eigenvalue weighted by atomic mass is 16.6. The van der Waals surface area contributed by atoms with Crippen LogP contribution in [0.5, 0.6) is 0 Å². The molecule has 0 fully saturated rings. The molecule has 0 aromatic rings. The predicted molar refractivity (Wildman–Crippen MR) is 307 cm³/mol. The van der Waals surface area contributed by atoms with Crippen molar-refractivity contribution >= 4 is 17.9 Å². The second-order valence-corrected chi connectivity index (χ2v) is 19.1. The first-order valence-electron chi connectivity index (χ1n) is 29.4. The molecule has 0 aliphatic carbocycles. The van der Waals surface area contributed by atoms with Crippen molar-refractivity contribution in [2.45, 2.75) is 271 Å². The van der Waals surface area contributed by atoms with Crippen LogP contribution in [0.2, 0.25) is 0 Å². The summed E-state index contributed by atoms with van der Waals surface area (Å²) in [5.74, 6) is -0.909. The number of esters is 3. The molecule has 0 spiro atoms. The summed E-state index contributed by atoms with van der Waals surface area (Å²) in [6.07, 6.45) is 79.5. The van der Waals surface area contributed by atoms with E-state index in [4.69, 9.17) is 14.2 Å². The number of allylic oxidation sites excluding steroid dienone is 18. The first-order valence-corrected chi connectivity index (χ1v) is 29.4. The molecule has 6 nitrogen and oxygen atoms in total. The first-order chi connectivity index (χ1) is 35.0. The molecule has 0 heterocycles. The molecule has 0 amide bonds. The fourth-order valence-corrected chi connectivity index (χ4v) is 7.93. The van der Waals surface area contributed by atoms with Crippen molar-refractivity contribution in [2.24, 2.45) is 0 Å². The van der Waals surface area contributed by atoms with Gasteiger partial charge in [0.15, 0.2) is 6.10 Å². The molecular weight excluding hydrogens is 877 g/mol. The molecule has 0 aliphatic rings. The van der Waals surface area contributed by atoms with Gasteiger partial charge in [-0.2, -0.15) is 0 Å². The Morgan fingerprint density at radius 1 is 0.296 bits per heavy atom. The average Bonchev–Trinajstić information content (AvgIpc) is 3.37. The lowest BCUT2D eigenvalue weighted by molar-refractivity contribution is -0.167. The third kappa shape index (κ3) is 56.9. The quantitative estimate of drug-likeness (QED) is 0.0261. The Balaban J connectivity index is 4.22. The minimum atomic E-state index is -0.787. The highest BCUT2D eigenvalue weighted by Crippen LogP contribution is 2.15. The molecule has 0 rings (SSSR count). The largest absolute Gasteiger partial charge is 0.462 e. The van der Waals surface area contributed by atoms with E-state index in [2.05, 4.69) is 130 Å². The fraction of sp³-hybridized carbons (Fsp3) is 0.677. The molecule has 6 heteroatoms. The van der Waals surface area contributed by atoms with E-state index in [1.807, 2.05) is 0 Å². The van der Waals surface area contributed by atoms with E-state index >= 15 is 0 Å². The van der Waals surface area contributed by atoms with Crippen LogP contribution in [0.3, 0.4) is 0 Å². The zero-order valence-corrected chi connectivity index (χ0v) is 46.2. The SMILES string of the molecule is CC/C=C\C/C=C\C/C=C\C/C=C\C/C=C\C/C=C\CCCCCCCCCCCCC(=O)OCC(COC(=O)CCCCCCCCCCC)OC(=O)CCCCCCC/C=C\C/C=C\C/C=C\CC. The standard InChI is InChI=1S/C65H108O6/c1-4-7-10-13-16-19-21-23-25-26-27-28-29-30-31-32-33-34-35-36-37-38-40-41-43-46-49-52-55-58-64(67)70-61-62(60-69-63(66)57-54-51-48-45-18-15-12-9-6-3)71-65(68)59-56-53-50-47-44-42-39-24-22-20-17-14-11-8-5-2/h7-8,10-11,16-17,19-20,23-25,27-28,30-31,33-34,39,62H,4-6,9,12-15,18,21-22,26,29,32,35-38,40-61H2,1-3H3/b10-7-,11-8-,19-16-,20-17-,25-23-,28-27-,31-30-,34-33-,39-24-. The van der Waals surface area contributed by atoms with Crippen molar-refractivity contribution in [1.82, 2.24) is 0 Å². The molecule has 0 aromatic carbocycles. The Bertz CT molecular complexity index is 1460. The van der Waals surface area contributed by atoms with E-state index in [9.17, 15) is 14.4 Å². The monoisotopic (exact) mass is 985 g/mol. The number of carbonyl (C=O) groups is 3. The maximum absolute atomic E-state index is 12.8. The van der Waals surface area contributed by atoms with Gasteiger partial charge in [-0.05, 0) is 103 Å². The molecule has 0 bridgehead atoms. The molecule has 0 aliphatic heterocycles. The van der Waals surface area contributed by atoms with Gasteiger partial charge in [0.2, 0.25) is 0 Å². The van der Waals surface area contributed by atoms with Gasteiger partial charge in [-0.15, -0.1) is 0 Å². The minimum Gasteiger partial charge on any atom is -0.462 e. The Hall–Kier alpha value is -3.93. The summed E-state index contributed by atoms with van der Waals surface area (Å²) in [7, 11) is 0. The van der Waals surface area contributed by atoms with E-state index in [0.717, 1.165) is 135 Å². The van der Waals surface area contributed by atoms with Crippen molar-refractivity contribution in [3.63, 3.8) is 0 Å². The van der Waals surface area contributed by atoms with Gasteiger partial charge in [0.25, 0.3) is 0 Å². The summed E-state index contributed by atoms with van der Waals surface area (Å²) in [4.78, 5) is 38.0. The Labute approximate surface area is 438 Å². The van der Waals surface area contributed by atoms with Crippen molar-refractivity contribution in [2.75, 3.05) is 13.2 Å². The topological polar surface area (TPSA) is 78.9 Å². The summed E-state index contributed by atoms with van der Waals surface area (Å²) >= 11 is 0. The maximum atomic E-state index is 12.8. The summed E-state index contributed by atoms with van der Waals surface area (Å²) in [5, 5.41) is 0. The molecule has 0 N–H and O–H groups in total. The normalized spacial score (nSPS) is 12.9. The molecular formula is C65H108O6. The van der Waals surface area contributed by atoms with Crippen LogP contribution in [0, 0.1) is 0 Å². The lowest BCUT2D eigenvalue weighted by Crippen LogP contribution is -2.30. The van der Waals surface area contributed by atoms with Gasteiger partial charge in [-0.1, -0.05) is 252 Å². The van der Waals surface area contributed by atoms with Gasteiger partial charge < -0.3 is 14.2 Å². The van der Waals surface area contributed by atoms with Crippen LogP contribution in [-0.2, 0) is 28.6 Å². The van der Waals surface area contributed by atoms with Crippen LogP contribution in [0.15, 0.2) is 109 Å². The highest BCUT2D eigenvalue weighted by molar-refractivity contribution is 5.71. The fourth-order valence-electron chi connectivity index (χ4n) is 7.93. The number of hydrogen-bond donors (Lipinski definition) is 0. The van der Waals surface area contributed by atoms with E-state index in [1.165, 1.54) is 89.9 Å². The zero-order chi connectivity index (χ0) is 51.4. The van der Waals surface area contributed by atoms with Crippen LogP contribution in [0.1, 0.15) is 265 Å². The van der Waals surface area contributed by atoms with Gasteiger partial charge >= 0.3 is 17.9 Å². The van der Waals surface area contributed by atoms with Crippen molar-refractivity contribution in [3.05, 3.63) is 109 Å². The molecule has 1 atom stereocenters. The second kappa shape index (κ2) is 58.6. The molecule has 71 heavy (non-hydrogen) atoms. The van der Waals surface area contributed by atoms with Gasteiger partial charge in [0, 0.05) is 19.3 Å². The van der Waals surface area contributed by atoms with Crippen LogP contribution in [0.25, 0.3) is 0 Å². The maximum Gasteiger partial charge on any atom is 0.306 e. The Kier molecular flexibility index (Phi) is 55.4. The molecule has 0 saturated heterocycles. The zero-order valence-electron chi connectivity index (χ0n) is 46.2. The van der Waals surface area contributed by atoms with E-state index in [0.29, 0.717) is 19.3 Å². The smallest absolute Gasteiger partial charge is 0.306 e. The summed E-state index contributed by atoms with van der Waals surface area (Å²) in [5.41, 5.74) is 0. The number of carbonyl (C=O) groups excluding carboxylic acids is 3. The van der Waals surface area contributed by atoms with Gasteiger partial charge in [0.05, 0.1) is 0 Å². The summed E-state index contributed by atoms with van der Waals surface area (Å²) in [6.45, 7) is 6.38. The van der Waals surface area contributed by atoms with Crippen LogP contribution in [-0.4, -0.2) is 37.2 Å². The molecule has 1 unspecified atom stereocenters. The van der Waals surface area contributed by atoms with Crippen LogP contribution >= 0.6 is 0 Å². The summed E-state index contributed by atoms with van der Waals surface area (Å²) < 4.78 is 16.8. The number of unbranched alkanes of at least 4 members (excludes halogenated alkanes) is 23. The Morgan fingerprint density at radius 3 is 0.859 bits per heavy atom. The number of ether oxygens (including phenoxy) is 3. The molecule has 0 radical (unpaired) electrons.